The maximum atomic E-state index is 5.37. The van der Waals surface area contributed by atoms with Crippen molar-refractivity contribution in [1.82, 2.24) is 9.55 Å². The molecule has 1 aromatic rings. The fraction of sp³-hybridized carbons (Fsp3) is 0.700. The van der Waals surface area contributed by atoms with Crippen molar-refractivity contribution in [3.63, 3.8) is 0 Å². The van der Waals surface area contributed by atoms with E-state index in [0.717, 1.165) is 32.5 Å². The average Bonchev–Trinajstić information content (AvgIpc) is 2.71. The summed E-state index contributed by atoms with van der Waals surface area (Å²) in [5, 5.41) is 0. The largest absolute Gasteiger partial charge is 0.379 e. The van der Waals surface area contributed by atoms with Gasteiger partial charge in [-0.05, 0) is 12.8 Å². The number of rotatable bonds is 3. The Morgan fingerprint density at radius 1 is 1.69 bits per heavy atom. The fourth-order valence-electron chi connectivity index (χ4n) is 1.84. The van der Waals surface area contributed by atoms with Crippen molar-refractivity contribution >= 4 is 0 Å². The third-order valence-electron chi connectivity index (χ3n) is 2.52. The van der Waals surface area contributed by atoms with E-state index in [0.29, 0.717) is 6.04 Å². The summed E-state index contributed by atoms with van der Waals surface area (Å²) in [6, 6.07) is 0.532. The number of hydrogen-bond donors (Lipinski definition) is 0. The van der Waals surface area contributed by atoms with Crippen LogP contribution in [0.2, 0.25) is 0 Å². The maximum absolute atomic E-state index is 5.37. The zero-order valence-corrected chi connectivity index (χ0v) is 8.07. The van der Waals surface area contributed by atoms with E-state index in [-0.39, 0.29) is 0 Å². The van der Waals surface area contributed by atoms with Gasteiger partial charge in [-0.25, -0.2) is 4.98 Å². The van der Waals surface area contributed by atoms with Gasteiger partial charge in [0.05, 0.1) is 12.6 Å². The first-order valence-electron chi connectivity index (χ1n) is 5.01. The first kappa shape index (κ1) is 8.75. The second kappa shape index (κ2) is 3.92. The van der Waals surface area contributed by atoms with Gasteiger partial charge in [0.2, 0.25) is 0 Å². The Bertz CT molecular complexity index is 264. The highest BCUT2D eigenvalue weighted by atomic mass is 16.5. The van der Waals surface area contributed by atoms with Gasteiger partial charge in [0.1, 0.15) is 5.82 Å². The van der Waals surface area contributed by atoms with Crippen molar-refractivity contribution in [2.45, 2.75) is 32.2 Å². The summed E-state index contributed by atoms with van der Waals surface area (Å²) in [6.07, 6.45) is 7.33. The summed E-state index contributed by atoms with van der Waals surface area (Å²) >= 11 is 0. The van der Waals surface area contributed by atoms with Crippen LogP contribution < -0.4 is 0 Å². The predicted octanol–water partition coefficient (Wildman–Crippen LogP) is 1.80. The monoisotopic (exact) mass is 180 g/mol. The summed E-state index contributed by atoms with van der Waals surface area (Å²) < 4.78 is 7.64. The summed E-state index contributed by atoms with van der Waals surface area (Å²) in [6.45, 7) is 3.94. The molecule has 0 spiro atoms. The average molecular weight is 180 g/mol. The zero-order chi connectivity index (χ0) is 9.10. The van der Waals surface area contributed by atoms with Crippen LogP contribution in [-0.4, -0.2) is 22.8 Å². The van der Waals surface area contributed by atoms with Crippen LogP contribution in [0.3, 0.4) is 0 Å². The Labute approximate surface area is 78.7 Å². The first-order valence-corrected chi connectivity index (χ1v) is 5.01. The number of aromatic nitrogens is 2. The molecule has 0 N–H and O–H groups in total. The lowest BCUT2D eigenvalue weighted by atomic mass is 10.2. The van der Waals surface area contributed by atoms with Gasteiger partial charge in [0.15, 0.2) is 0 Å². The van der Waals surface area contributed by atoms with Crippen LogP contribution >= 0.6 is 0 Å². The van der Waals surface area contributed by atoms with Crippen LogP contribution in [0.15, 0.2) is 12.4 Å². The third kappa shape index (κ3) is 1.75. The highest BCUT2D eigenvalue weighted by Crippen LogP contribution is 2.20. The van der Waals surface area contributed by atoms with Crippen molar-refractivity contribution in [1.29, 1.82) is 0 Å². The van der Waals surface area contributed by atoms with Crippen molar-refractivity contribution in [3.05, 3.63) is 18.2 Å². The Kier molecular flexibility index (Phi) is 2.64. The lowest BCUT2D eigenvalue weighted by Gasteiger charge is -2.12. The Morgan fingerprint density at radius 3 is 3.31 bits per heavy atom. The van der Waals surface area contributed by atoms with Crippen LogP contribution in [0.5, 0.6) is 0 Å². The number of hydrogen-bond acceptors (Lipinski definition) is 2. The zero-order valence-electron chi connectivity index (χ0n) is 8.07. The molecule has 1 aliphatic heterocycles. The molecule has 72 valence electrons. The molecule has 1 fully saturated rings. The molecule has 0 aromatic carbocycles. The van der Waals surface area contributed by atoms with Crippen LogP contribution in [0.25, 0.3) is 0 Å². The lowest BCUT2D eigenvalue weighted by Crippen LogP contribution is -2.11. The molecule has 0 amide bonds. The summed E-state index contributed by atoms with van der Waals surface area (Å²) in [7, 11) is 0. The van der Waals surface area contributed by atoms with E-state index < -0.39 is 0 Å². The van der Waals surface area contributed by atoms with Crippen LogP contribution in [0, 0.1) is 0 Å². The molecule has 0 radical (unpaired) electrons. The number of imidazole rings is 1. The predicted molar refractivity (Wildman–Crippen MR) is 50.7 cm³/mol. The molecular weight excluding hydrogens is 164 g/mol. The van der Waals surface area contributed by atoms with Gasteiger partial charge in [-0.15, -0.1) is 0 Å². The molecule has 3 nitrogen and oxygen atoms in total. The van der Waals surface area contributed by atoms with Crippen LogP contribution in [0.4, 0.5) is 0 Å². The molecule has 1 unspecified atom stereocenters. The molecule has 1 atom stereocenters. The molecule has 0 bridgehead atoms. The van der Waals surface area contributed by atoms with Gasteiger partial charge in [-0.2, -0.15) is 0 Å². The fourth-order valence-corrected chi connectivity index (χ4v) is 1.84. The summed E-state index contributed by atoms with van der Waals surface area (Å²) in [5.41, 5.74) is 0. The second-order valence-corrected chi connectivity index (χ2v) is 3.52. The van der Waals surface area contributed by atoms with Gasteiger partial charge in [-0.1, -0.05) is 6.92 Å². The van der Waals surface area contributed by atoms with Crippen LogP contribution in [-0.2, 0) is 11.2 Å². The van der Waals surface area contributed by atoms with E-state index in [9.17, 15) is 0 Å². The quantitative estimate of drug-likeness (QED) is 0.709. The van der Waals surface area contributed by atoms with Crippen molar-refractivity contribution in [2.24, 2.45) is 0 Å². The van der Waals surface area contributed by atoms with E-state index in [2.05, 4.69) is 22.7 Å². The van der Waals surface area contributed by atoms with Crippen molar-refractivity contribution in [3.8, 4) is 0 Å². The van der Waals surface area contributed by atoms with E-state index >= 15 is 0 Å². The van der Waals surface area contributed by atoms with Gasteiger partial charge in [0, 0.05) is 25.4 Å². The molecule has 2 heterocycles. The Morgan fingerprint density at radius 2 is 2.62 bits per heavy atom. The minimum atomic E-state index is 0.532. The number of ether oxygens (including phenoxy) is 1. The molecule has 1 aromatic heterocycles. The van der Waals surface area contributed by atoms with Gasteiger partial charge < -0.3 is 9.30 Å². The van der Waals surface area contributed by atoms with Gasteiger partial charge in [-0.3, -0.25) is 0 Å². The minimum absolute atomic E-state index is 0.532. The number of nitrogens with zero attached hydrogens (tertiary/aromatic N) is 2. The molecule has 0 saturated carbocycles. The standard InChI is InChI=1S/C10H16N2O/c1-2-3-10-11-5-6-12(10)9-4-7-13-8-9/h5-6,9H,2-4,7-8H2,1H3. The summed E-state index contributed by atoms with van der Waals surface area (Å²) in [4.78, 5) is 4.36. The first-order chi connectivity index (χ1) is 6.42. The number of aryl methyl sites for hydroxylation is 1. The van der Waals surface area contributed by atoms with E-state index in [1.54, 1.807) is 0 Å². The normalized spacial score (nSPS) is 22.4. The molecule has 0 aliphatic carbocycles. The lowest BCUT2D eigenvalue weighted by molar-refractivity contribution is 0.186. The van der Waals surface area contributed by atoms with Crippen molar-refractivity contribution in [2.75, 3.05) is 13.2 Å². The summed E-state index contributed by atoms with van der Waals surface area (Å²) in [5.74, 6) is 1.21. The highest BCUT2D eigenvalue weighted by molar-refractivity contribution is 4.96. The molecule has 2 rings (SSSR count). The van der Waals surface area contributed by atoms with Gasteiger partial charge in [0.25, 0.3) is 0 Å². The topological polar surface area (TPSA) is 27.1 Å². The van der Waals surface area contributed by atoms with E-state index in [4.69, 9.17) is 4.74 Å². The highest BCUT2D eigenvalue weighted by Gasteiger charge is 2.19. The van der Waals surface area contributed by atoms with Crippen LogP contribution in [0.1, 0.15) is 31.6 Å². The van der Waals surface area contributed by atoms with Crippen molar-refractivity contribution < 1.29 is 4.74 Å². The maximum Gasteiger partial charge on any atom is 0.108 e. The minimum Gasteiger partial charge on any atom is -0.379 e. The molecular formula is C10H16N2O. The Balaban J connectivity index is 2.13. The molecule has 3 heteroatoms. The molecule has 1 saturated heterocycles. The second-order valence-electron chi connectivity index (χ2n) is 3.52. The SMILES string of the molecule is CCCc1nccn1C1CCOC1. The third-order valence-corrected chi connectivity index (χ3v) is 2.52. The van der Waals surface area contributed by atoms with E-state index in [1.807, 2.05) is 6.20 Å². The van der Waals surface area contributed by atoms with E-state index in [1.165, 1.54) is 5.82 Å². The smallest absolute Gasteiger partial charge is 0.108 e. The van der Waals surface area contributed by atoms with Gasteiger partial charge >= 0.3 is 0 Å². The Hall–Kier alpha value is -0.830. The molecule has 1 aliphatic rings. The molecule has 13 heavy (non-hydrogen) atoms.